The summed E-state index contributed by atoms with van der Waals surface area (Å²) in [6.45, 7) is 0.129. The number of nitrogens with zero attached hydrogens (tertiary/aromatic N) is 1. The molecule has 0 unspecified atom stereocenters. The number of hydrogen-bond donors (Lipinski definition) is 4. The van der Waals surface area contributed by atoms with E-state index < -0.39 is 30.1 Å². The number of rotatable bonds is 11. The number of cyclic esters (lactones) is 1. The van der Waals surface area contributed by atoms with Gasteiger partial charge in [-0.3, -0.25) is 9.59 Å². The number of H-pyrrole nitrogens is 1. The highest BCUT2D eigenvalue weighted by atomic mass is 16.6. The Bertz CT molecular complexity index is 2150. The van der Waals surface area contributed by atoms with Crippen molar-refractivity contribution in [3.05, 3.63) is 144 Å². The molecule has 288 valence electrons. The van der Waals surface area contributed by atoms with E-state index in [2.05, 4.69) is 27.8 Å². The van der Waals surface area contributed by atoms with Crippen molar-refractivity contribution in [2.45, 2.75) is 50.2 Å². The van der Waals surface area contributed by atoms with Crippen LogP contribution in [0.3, 0.4) is 0 Å². The first kappa shape index (κ1) is 38.1. The van der Waals surface area contributed by atoms with Crippen LogP contribution in [0.15, 0.2) is 121 Å². The van der Waals surface area contributed by atoms with Gasteiger partial charge in [-0.05, 0) is 58.7 Å². The summed E-state index contributed by atoms with van der Waals surface area (Å²) < 4.78 is 11.6. The number of aromatic amines is 1. The maximum Gasteiger partial charge on any atom is 0.407 e. The van der Waals surface area contributed by atoms with Crippen LogP contribution in [0.25, 0.3) is 22.0 Å². The molecule has 3 amide bonds. The minimum Gasteiger partial charge on any atom is -0.462 e. The summed E-state index contributed by atoms with van der Waals surface area (Å²) in [5.41, 5.74) is 7.13. The molecular formula is C45H46N4O7. The standard InChI is InChI=1S/C45H46N4O7/c50-23-22-49(27-30-12-2-1-3-13-30)42(51)25-31-14-4-10-21-41(44(53)55-28-33(47-43(31)52)24-32-26-46-40-20-11-9-15-34(32)40)48-45(54)56-29-39-37-18-7-5-16-35(37)36-17-6-8-19-38(36)39/h1-13,15-20,26,31,33,39,41,46,50H,14,21-25,27-29H2,(H,47,52)(H,48,54)/b10-4-/t31-,33+,41-/m1/s1. The summed E-state index contributed by atoms with van der Waals surface area (Å²) >= 11 is 0. The van der Waals surface area contributed by atoms with Crippen molar-refractivity contribution < 1.29 is 33.8 Å². The normalized spacial score (nSPS) is 19.1. The lowest BCUT2D eigenvalue weighted by Crippen LogP contribution is -2.47. The number of carbonyl (C=O) groups is 4. The van der Waals surface area contributed by atoms with Crippen LogP contribution < -0.4 is 10.6 Å². The van der Waals surface area contributed by atoms with E-state index in [1.54, 1.807) is 17.1 Å². The van der Waals surface area contributed by atoms with Gasteiger partial charge in [-0.2, -0.15) is 0 Å². The Kier molecular flexibility index (Phi) is 12.2. The Hall–Kier alpha value is -6.20. The second kappa shape index (κ2) is 18.0. The molecule has 5 aromatic rings. The number of aromatic nitrogens is 1. The molecule has 4 aromatic carbocycles. The molecule has 0 saturated carbocycles. The van der Waals surface area contributed by atoms with Crippen LogP contribution in [0.2, 0.25) is 0 Å². The van der Waals surface area contributed by atoms with Gasteiger partial charge < -0.3 is 35.1 Å². The van der Waals surface area contributed by atoms with E-state index in [0.29, 0.717) is 13.0 Å². The SMILES string of the molecule is O=C(N[C@@H]1C/C=C\C[C@H](CC(=O)N(CCO)Cc2ccccc2)C(=O)N[C@@H](Cc2c[nH]c3ccccc23)COC1=O)OCC1c2ccccc2-c2ccccc21. The van der Waals surface area contributed by atoms with Gasteiger partial charge in [0.25, 0.3) is 0 Å². The Labute approximate surface area is 325 Å². The second-order valence-electron chi connectivity index (χ2n) is 14.3. The zero-order chi connectivity index (χ0) is 38.9. The number of benzene rings is 4. The number of aliphatic hydroxyl groups excluding tert-OH is 1. The number of para-hydroxylation sites is 1. The topological polar surface area (TPSA) is 150 Å². The number of nitrogens with one attached hydrogen (secondary N) is 3. The van der Waals surface area contributed by atoms with Crippen molar-refractivity contribution in [1.82, 2.24) is 20.5 Å². The first-order valence-electron chi connectivity index (χ1n) is 19.1. The first-order valence-corrected chi connectivity index (χ1v) is 19.1. The number of allylic oxidation sites excluding steroid dienone is 1. The third-order valence-corrected chi connectivity index (χ3v) is 10.5. The molecule has 2 aliphatic rings. The van der Waals surface area contributed by atoms with Gasteiger partial charge in [-0.25, -0.2) is 9.59 Å². The van der Waals surface area contributed by atoms with Gasteiger partial charge in [0.2, 0.25) is 11.8 Å². The fourth-order valence-electron chi connectivity index (χ4n) is 7.65. The van der Waals surface area contributed by atoms with Gasteiger partial charge in [-0.15, -0.1) is 0 Å². The molecule has 2 heterocycles. The number of aliphatic hydroxyl groups is 1. The molecule has 0 radical (unpaired) electrons. The van der Waals surface area contributed by atoms with Crippen molar-refractivity contribution in [3.8, 4) is 11.1 Å². The number of hydrogen-bond acceptors (Lipinski definition) is 7. The monoisotopic (exact) mass is 754 g/mol. The molecule has 0 fully saturated rings. The minimum absolute atomic E-state index is 0.0864. The van der Waals surface area contributed by atoms with E-state index in [1.165, 1.54) is 0 Å². The van der Waals surface area contributed by atoms with Crippen molar-refractivity contribution in [2.24, 2.45) is 5.92 Å². The molecule has 11 nitrogen and oxygen atoms in total. The van der Waals surface area contributed by atoms with Crippen LogP contribution in [0.4, 0.5) is 4.79 Å². The minimum atomic E-state index is -1.06. The molecule has 1 aliphatic carbocycles. The van der Waals surface area contributed by atoms with E-state index in [-0.39, 0.29) is 63.4 Å². The van der Waals surface area contributed by atoms with Gasteiger partial charge in [0, 0.05) is 42.5 Å². The Balaban J connectivity index is 1.07. The summed E-state index contributed by atoms with van der Waals surface area (Å²) in [5.74, 6) is -2.16. The van der Waals surface area contributed by atoms with Gasteiger partial charge in [0.1, 0.15) is 19.3 Å². The molecule has 0 spiro atoms. The van der Waals surface area contributed by atoms with Crippen molar-refractivity contribution in [2.75, 3.05) is 26.4 Å². The number of alkyl carbamates (subject to hydrolysis) is 1. The van der Waals surface area contributed by atoms with E-state index in [4.69, 9.17) is 9.47 Å². The Morgan fingerprint density at radius 2 is 1.54 bits per heavy atom. The molecule has 1 aromatic heterocycles. The molecule has 3 atom stereocenters. The second-order valence-corrected chi connectivity index (χ2v) is 14.3. The fourth-order valence-corrected chi connectivity index (χ4v) is 7.65. The lowest BCUT2D eigenvalue weighted by atomic mass is 9.96. The zero-order valence-corrected chi connectivity index (χ0v) is 31.1. The van der Waals surface area contributed by atoms with Crippen molar-refractivity contribution >= 4 is 34.8 Å². The Morgan fingerprint density at radius 1 is 0.857 bits per heavy atom. The predicted molar refractivity (Wildman–Crippen MR) is 212 cm³/mol. The third kappa shape index (κ3) is 9.01. The number of carbonyl (C=O) groups excluding carboxylic acids is 4. The van der Waals surface area contributed by atoms with Gasteiger partial charge in [0.15, 0.2) is 0 Å². The van der Waals surface area contributed by atoms with Gasteiger partial charge >= 0.3 is 12.1 Å². The maximum absolute atomic E-state index is 13.9. The molecule has 4 N–H and O–H groups in total. The smallest absolute Gasteiger partial charge is 0.407 e. The van der Waals surface area contributed by atoms with Crippen LogP contribution >= 0.6 is 0 Å². The Morgan fingerprint density at radius 3 is 2.29 bits per heavy atom. The number of amides is 3. The quantitative estimate of drug-likeness (QED) is 0.0952. The maximum atomic E-state index is 13.9. The molecule has 11 heteroatoms. The van der Waals surface area contributed by atoms with Gasteiger partial charge in [0.05, 0.1) is 18.6 Å². The summed E-state index contributed by atoms with van der Waals surface area (Å²) in [7, 11) is 0. The van der Waals surface area contributed by atoms with Crippen molar-refractivity contribution in [1.29, 1.82) is 0 Å². The summed E-state index contributed by atoms with van der Waals surface area (Å²) in [6.07, 6.45) is 5.13. The molecule has 7 rings (SSSR count). The lowest BCUT2D eigenvalue weighted by Gasteiger charge is -2.26. The lowest BCUT2D eigenvalue weighted by molar-refractivity contribution is -0.147. The van der Waals surface area contributed by atoms with Crippen LogP contribution in [-0.4, -0.2) is 77.3 Å². The van der Waals surface area contributed by atoms with E-state index in [9.17, 15) is 24.3 Å². The molecular weight excluding hydrogens is 709 g/mol. The first-order chi connectivity index (χ1) is 27.4. The average molecular weight is 755 g/mol. The molecule has 0 saturated heterocycles. The predicted octanol–water partition coefficient (Wildman–Crippen LogP) is 6.02. The summed E-state index contributed by atoms with van der Waals surface area (Å²) in [4.78, 5) is 59.3. The largest absolute Gasteiger partial charge is 0.462 e. The summed E-state index contributed by atoms with van der Waals surface area (Å²) in [6, 6.07) is 31.7. The van der Waals surface area contributed by atoms with Crippen molar-refractivity contribution in [3.63, 3.8) is 0 Å². The van der Waals surface area contributed by atoms with Gasteiger partial charge in [-0.1, -0.05) is 109 Å². The molecule has 1 aliphatic heterocycles. The van der Waals surface area contributed by atoms with Crippen LogP contribution in [-0.2, 0) is 36.8 Å². The van der Waals surface area contributed by atoms with Crippen LogP contribution in [0.5, 0.6) is 0 Å². The van der Waals surface area contributed by atoms with Crippen LogP contribution in [0.1, 0.15) is 47.4 Å². The number of ether oxygens (including phenoxy) is 2. The highest BCUT2D eigenvalue weighted by Gasteiger charge is 2.32. The van der Waals surface area contributed by atoms with E-state index in [0.717, 1.165) is 44.3 Å². The average Bonchev–Trinajstić information content (AvgIpc) is 3.77. The highest BCUT2D eigenvalue weighted by Crippen LogP contribution is 2.44. The third-order valence-electron chi connectivity index (χ3n) is 10.5. The molecule has 0 bridgehead atoms. The summed E-state index contributed by atoms with van der Waals surface area (Å²) in [5, 5.41) is 16.5. The number of esters is 1. The fraction of sp³-hybridized carbons (Fsp3) is 0.289. The molecule has 56 heavy (non-hydrogen) atoms. The van der Waals surface area contributed by atoms with E-state index >= 15 is 0 Å². The number of fused-ring (bicyclic) bond motifs is 4. The van der Waals surface area contributed by atoms with Crippen LogP contribution in [0, 0.1) is 5.92 Å². The van der Waals surface area contributed by atoms with E-state index in [1.807, 2.05) is 97.2 Å². The highest BCUT2D eigenvalue weighted by molar-refractivity contribution is 5.87. The zero-order valence-electron chi connectivity index (χ0n) is 31.1.